The van der Waals surface area contributed by atoms with Crippen molar-refractivity contribution < 1.29 is 24.6 Å². The summed E-state index contributed by atoms with van der Waals surface area (Å²) in [5, 5.41) is 44.3. The maximum atomic E-state index is 13.9. The smallest absolute Gasteiger partial charge is 0.218 e. The molecule has 1 amide bonds. The molecule has 0 radical (unpaired) electrons. The minimum Gasteiger partial charge on any atom is -0.505 e. The van der Waals surface area contributed by atoms with Gasteiger partial charge in [0, 0.05) is 43.7 Å². The highest BCUT2D eigenvalue weighted by Crippen LogP contribution is 2.48. The van der Waals surface area contributed by atoms with Crippen molar-refractivity contribution in [1.29, 1.82) is 0 Å². The van der Waals surface area contributed by atoms with Crippen molar-refractivity contribution >= 4 is 79.5 Å². The van der Waals surface area contributed by atoms with Crippen LogP contribution in [0.25, 0.3) is 32.7 Å². The van der Waals surface area contributed by atoms with Crippen molar-refractivity contribution in [3.8, 4) is 22.6 Å². The van der Waals surface area contributed by atoms with E-state index in [1.165, 1.54) is 4.90 Å². The Kier molecular flexibility index (Phi) is 9.90. The first-order valence-corrected chi connectivity index (χ1v) is 19.2. The first-order chi connectivity index (χ1) is 29.2. The van der Waals surface area contributed by atoms with Crippen molar-refractivity contribution in [2.24, 2.45) is 26.4 Å². The summed E-state index contributed by atoms with van der Waals surface area (Å²) in [5.41, 5.74) is 6.20. The van der Waals surface area contributed by atoms with E-state index in [9.17, 15) is 19.8 Å². The first-order valence-electron chi connectivity index (χ1n) is 18.8. The highest BCUT2D eigenvalue weighted by Gasteiger charge is 2.28. The van der Waals surface area contributed by atoms with E-state index in [2.05, 4.69) is 20.5 Å². The largest absolute Gasteiger partial charge is 0.505 e. The van der Waals surface area contributed by atoms with E-state index in [-0.39, 0.29) is 34.3 Å². The Labute approximate surface area is 348 Å². The fraction of sp³-hybridized carbons (Fsp3) is 0.0417. The molecule has 60 heavy (non-hydrogen) atoms. The average Bonchev–Trinajstić information content (AvgIpc) is 3.54. The number of ketones is 1. The van der Waals surface area contributed by atoms with Crippen LogP contribution in [0.2, 0.25) is 5.02 Å². The van der Waals surface area contributed by atoms with Crippen molar-refractivity contribution in [3.05, 3.63) is 178 Å². The lowest BCUT2D eigenvalue weighted by atomic mass is 9.96. The number of nitrogens with zero attached hydrogens (tertiary/aromatic N) is 5. The minimum atomic E-state index is -0.898. The molecule has 11 nitrogen and oxygen atoms in total. The highest BCUT2D eigenvalue weighted by atomic mass is 35.5. The third-order valence-corrected chi connectivity index (χ3v) is 10.9. The van der Waals surface area contributed by atoms with Gasteiger partial charge >= 0.3 is 0 Å². The standard InChI is InChI=1S/C48H33ClN6O5/c1-27-14-18-32(19-15-27)55(26-56)42-23-29-9-3-5-11-34(29)44(47(42)59)54-52-31-17-21-36-35-20-16-30(24-38(35)45(57)39(36)25-31)51-53-43-33-10-4-2-8-28(33)22-40(46(43)58)48(60-50)37-12-6-7-13-41(37)49/h2-26,48,58-59H,50H2,1H3. The number of anilines is 2. The minimum absolute atomic E-state index is 0.173. The molecule has 1 atom stereocenters. The predicted molar refractivity (Wildman–Crippen MR) is 233 cm³/mol. The lowest BCUT2D eigenvalue weighted by Crippen LogP contribution is -2.14. The zero-order valence-corrected chi connectivity index (χ0v) is 32.6. The fourth-order valence-corrected chi connectivity index (χ4v) is 7.82. The summed E-state index contributed by atoms with van der Waals surface area (Å²) in [6, 6.07) is 43.1. The lowest BCUT2D eigenvalue weighted by molar-refractivity contribution is -0.106. The van der Waals surface area contributed by atoms with Crippen LogP contribution < -0.4 is 10.8 Å². The van der Waals surface area contributed by atoms with Gasteiger partial charge in [0.2, 0.25) is 6.41 Å². The van der Waals surface area contributed by atoms with E-state index < -0.39 is 6.10 Å². The molecule has 8 aromatic carbocycles. The summed E-state index contributed by atoms with van der Waals surface area (Å²) in [5.74, 6) is 5.13. The van der Waals surface area contributed by atoms with Gasteiger partial charge in [-0.05, 0) is 83.4 Å². The van der Waals surface area contributed by atoms with Gasteiger partial charge in [-0.15, -0.1) is 10.2 Å². The number of azo groups is 2. The molecule has 1 aliphatic carbocycles. The number of amides is 1. The Morgan fingerprint density at radius 2 is 1.18 bits per heavy atom. The number of carbonyl (C=O) groups is 2. The number of carbonyl (C=O) groups excluding carboxylic acids is 2. The Balaban J connectivity index is 1.03. The van der Waals surface area contributed by atoms with Crippen molar-refractivity contribution in [2.75, 3.05) is 4.90 Å². The first kappa shape index (κ1) is 38.0. The second kappa shape index (κ2) is 15.6. The van der Waals surface area contributed by atoms with Gasteiger partial charge in [-0.1, -0.05) is 108 Å². The van der Waals surface area contributed by atoms with Crippen LogP contribution in [0.1, 0.15) is 38.7 Å². The average molecular weight is 809 g/mol. The lowest BCUT2D eigenvalue weighted by Gasteiger charge is -2.20. The molecular formula is C48H33ClN6O5. The van der Waals surface area contributed by atoms with Crippen LogP contribution in [-0.2, 0) is 9.63 Å². The summed E-state index contributed by atoms with van der Waals surface area (Å²) in [6.07, 6.45) is -0.253. The number of fused-ring (bicyclic) bond motifs is 5. The topological polar surface area (TPSA) is 163 Å². The third-order valence-electron chi connectivity index (χ3n) is 10.6. The summed E-state index contributed by atoms with van der Waals surface area (Å²) in [4.78, 5) is 33.0. The molecule has 0 fully saturated rings. The van der Waals surface area contributed by atoms with Crippen LogP contribution in [0.5, 0.6) is 11.5 Å². The fourth-order valence-electron chi connectivity index (χ4n) is 7.59. The Morgan fingerprint density at radius 1 is 0.633 bits per heavy atom. The third kappa shape index (κ3) is 6.72. The van der Waals surface area contributed by atoms with Gasteiger partial charge < -0.3 is 10.2 Å². The van der Waals surface area contributed by atoms with Gasteiger partial charge in [-0.2, -0.15) is 10.2 Å². The molecule has 1 unspecified atom stereocenters. The molecule has 0 aliphatic heterocycles. The van der Waals surface area contributed by atoms with Crippen LogP contribution in [0.4, 0.5) is 34.1 Å². The number of hydrogen-bond acceptors (Lipinski definition) is 10. The molecule has 0 bridgehead atoms. The maximum absolute atomic E-state index is 13.9. The summed E-state index contributed by atoms with van der Waals surface area (Å²) in [6.45, 7) is 1.95. The number of aryl methyl sites for hydroxylation is 1. The molecule has 292 valence electrons. The van der Waals surface area contributed by atoms with Gasteiger partial charge in [0.1, 0.15) is 23.2 Å². The molecule has 0 saturated carbocycles. The Morgan fingerprint density at radius 3 is 1.77 bits per heavy atom. The van der Waals surface area contributed by atoms with Crippen LogP contribution in [0, 0.1) is 6.92 Å². The monoisotopic (exact) mass is 808 g/mol. The number of benzene rings is 8. The van der Waals surface area contributed by atoms with Crippen molar-refractivity contribution in [1.82, 2.24) is 0 Å². The molecule has 8 aromatic rings. The second-order valence-electron chi connectivity index (χ2n) is 14.2. The molecular weight excluding hydrogens is 776 g/mol. The van der Waals surface area contributed by atoms with E-state index in [4.69, 9.17) is 22.3 Å². The maximum Gasteiger partial charge on any atom is 0.218 e. The predicted octanol–water partition coefficient (Wildman–Crippen LogP) is 12.7. The van der Waals surface area contributed by atoms with Gasteiger partial charge in [-0.25, -0.2) is 5.90 Å². The van der Waals surface area contributed by atoms with Gasteiger partial charge in [0.05, 0.1) is 17.1 Å². The van der Waals surface area contributed by atoms with Crippen LogP contribution in [0.15, 0.2) is 166 Å². The quantitative estimate of drug-likeness (QED) is 0.0707. The number of hydrogen-bond donors (Lipinski definition) is 3. The zero-order chi connectivity index (χ0) is 41.5. The zero-order valence-electron chi connectivity index (χ0n) is 31.8. The van der Waals surface area contributed by atoms with E-state index in [0.717, 1.165) is 27.5 Å². The number of phenols is 2. The molecule has 12 heteroatoms. The van der Waals surface area contributed by atoms with Crippen molar-refractivity contribution in [2.45, 2.75) is 13.0 Å². The number of rotatable bonds is 10. The molecule has 4 N–H and O–H groups in total. The molecule has 0 spiro atoms. The molecule has 0 heterocycles. The van der Waals surface area contributed by atoms with Gasteiger partial charge in [-0.3, -0.25) is 19.3 Å². The molecule has 9 rings (SSSR count). The molecule has 0 saturated heterocycles. The number of aromatic hydroxyl groups is 2. The van der Waals surface area contributed by atoms with E-state index in [0.29, 0.717) is 61.5 Å². The van der Waals surface area contributed by atoms with Crippen LogP contribution in [0.3, 0.4) is 0 Å². The van der Waals surface area contributed by atoms with E-state index in [1.54, 1.807) is 84.9 Å². The molecule has 1 aliphatic rings. The van der Waals surface area contributed by atoms with Gasteiger partial charge in [0.25, 0.3) is 0 Å². The van der Waals surface area contributed by atoms with E-state index >= 15 is 0 Å². The van der Waals surface area contributed by atoms with Crippen LogP contribution >= 0.6 is 11.6 Å². The number of phenolic OH excluding ortho intramolecular Hbond substituents is 2. The summed E-state index contributed by atoms with van der Waals surface area (Å²) in [7, 11) is 0. The van der Waals surface area contributed by atoms with Crippen molar-refractivity contribution in [3.63, 3.8) is 0 Å². The Hall–Kier alpha value is -7.57. The van der Waals surface area contributed by atoms with Crippen LogP contribution in [-0.4, -0.2) is 22.4 Å². The summed E-state index contributed by atoms with van der Waals surface area (Å²) >= 11 is 6.49. The highest BCUT2D eigenvalue weighted by molar-refractivity contribution is 6.31. The van der Waals surface area contributed by atoms with E-state index in [1.807, 2.05) is 67.6 Å². The summed E-state index contributed by atoms with van der Waals surface area (Å²) < 4.78 is 0. The SMILES string of the molecule is Cc1ccc(N(C=O)c2cc3ccccc3c(N=Nc3ccc4c(c3)C(=O)c3cc(N=Nc5c(O)c(C(ON)c6ccccc6Cl)cc6ccccc56)ccc3-4)c2O)cc1. The Bertz CT molecular complexity index is 3100. The number of halogens is 1. The van der Waals surface area contributed by atoms with Gasteiger partial charge in [0.15, 0.2) is 11.5 Å². The normalized spacial score (nSPS) is 12.7. The second-order valence-corrected chi connectivity index (χ2v) is 14.6. The number of nitrogens with two attached hydrogens (primary N) is 1. The molecule has 0 aromatic heterocycles.